The van der Waals surface area contributed by atoms with Crippen LogP contribution in [0.3, 0.4) is 0 Å². The highest BCUT2D eigenvalue weighted by Gasteiger charge is 2.23. The Balaban J connectivity index is 4.55. The monoisotopic (exact) mass is 240 g/mol. The van der Waals surface area contributed by atoms with Crippen LogP contribution in [0.1, 0.15) is 39.5 Å². The third kappa shape index (κ3) is 6.56. The average Bonchev–Trinajstić information content (AvgIpc) is 2.26. The van der Waals surface area contributed by atoms with Crippen molar-refractivity contribution in [3.05, 3.63) is 24.3 Å². The Morgan fingerprint density at radius 2 is 1.29 bits per heavy atom. The quantitative estimate of drug-likeness (QED) is 0.640. The molecule has 0 radical (unpaired) electrons. The number of rotatable bonds is 8. The van der Waals surface area contributed by atoms with Crippen molar-refractivity contribution in [2.45, 2.75) is 39.5 Å². The van der Waals surface area contributed by atoms with Crippen LogP contribution in [0, 0.1) is 5.41 Å². The summed E-state index contributed by atoms with van der Waals surface area (Å²) in [6.45, 7) is 4.07. The fourth-order valence-electron chi connectivity index (χ4n) is 1.73. The van der Waals surface area contributed by atoms with Gasteiger partial charge in [0.15, 0.2) is 0 Å². The summed E-state index contributed by atoms with van der Waals surface area (Å²) < 4.78 is 0. The van der Waals surface area contributed by atoms with Gasteiger partial charge in [0.1, 0.15) is 0 Å². The van der Waals surface area contributed by atoms with Crippen LogP contribution in [-0.4, -0.2) is 22.2 Å². The van der Waals surface area contributed by atoms with E-state index in [2.05, 4.69) is 0 Å². The molecule has 96 valence electrons. The molecule has 0 aliphatic heterocycles. The molecule has 0 saturated carbocycles. The van der Waals surface area contributed by atoms with Crippen LogP contribution in [0.25, 0.3) is 0 Å². The first-order valence-corrected chi connectivity index (χ1v) is 5.74. The third-order valence-corrected chi connectivity index (χ3v) is 3.12. The van der Waals surface area contributed by atoms with E-state index in [0.717, 1.165) is 25.0 Å². The van der Waals surface area contributed by atoms with Gasteiger partial charge < -0.3 is 10.2 Å². The molecule has 0 spiro atoms. The van der Waals surface area contributed by atoms with Crippen molar-refractivity contribution in [3.63, 3.8) is 0 Å². The van der Waals surface area contributed by atoms with Crippen LogP contribution in [0.4, 0.5) is 0 Å². The zero-order valence-corrected chi connectivity index (χ0v) is 10.3. The lowest BCUT2D eigenvalue weighted by Crippen LogP contribution is -2.17. The number of carboxylic acid groups (broad SMARTS) is 2. The SMILES string of the molecule is CCC(CC)(CC=CC(=O)O)CC=CC(=O)O. The molecule has 0 heterocycles. The van der Waals surface area contributed by atoms with Crippen LogP contribution in [0.5, 0.6) is 0 Å². The molecule has 0 bridgehead atoms. The van der Waals surface area contributed by atoms with E-state index in [1.54, 1.807) is 12.2 Å². The second-order valence-corrected chi connectivity index (χ2v) is 4.10. The molecule has 0 saturated heterocycles. The summed E-state index contributed by atoms with van der Waals surface area (Å²) in [4.78, 5) is 20.8. The molecule has 0 aliphatic rings. The lowest BCUT2D eigenvalue weighted by Gasteiger charge is -2.29. The lowest BCUT2D eigenvalue weighted by molar-refractivity contribution is -0.132. The molecule has 0 amide bonds. The molecule has 0 aliphatic carbocycles. The molecular formula is C13H20O4. The molecule has 0 rings (SSSR count). The summed E-state index contributed by atoms with van der Waals surface area (Å²) in [5.74, 6) is -1.90. The predicted molar refractivity (Wildman–Crippen MR) is 65.8 cm³/mol. The Kier molecular flexibility index (Phi) is 6.94. The van der Waals surface area contributed by atoms with Gasteiger partial charge in [-0.15, -0.1) is 0 Å². The summed E-state index contributed by atoms with van der Waals surface area (Å²) in [6.07, 6.45) is 8.64. The Labute approximate surface area is 102 Å². The van der Waals surface area contributed by atoms with Crippen molar-refractivity contribution in [2.75, 3.05) is 0 Å². The van der Waals surface area contributed by atoms with Crippen molar-refractivity contribution in [1.29, 1.82) is 0 Å². The number of carboxylic acids is 2. The van der Waals surface area contributed by atoms with Gasteiger partial charge in [-0.25, -0.2) is 9.59 Å². The number of hydrogen-bond acceptors (Lipinski definition) is 2. The van der Waals surface area contributed by atoms with Gasteiger partial charge in [-0.3, -0.25) is 0 Å². The predicted octanol–water partition coefficient (Wildman–Crippen LogP) is 2.85. The lowest BCUT2D eigenvalue weighted by atomic mass is 9.76. The van der Waals surface area contributed by atoms with Gasteiger partial charge in [0.2, 0.25) is 0 Å². The average molecular weight is 240 g/mol. The number of aliphatic carboxylic acids is 2. The van der Waals surface area contributed by atoms with Crippen LogP contribution in [0.2, 0.25) is 0 Å². The highest BCUT2D eigenvalue weighted by molar-refractivity contribution is 5.80. The van der Waals surface area contributed by atoms with E-state index in [1.807, 2.05) is 13.8 Å². The smallest absolute Gasteiger partial charge is 0.327 e. The Morgan fingerprint density at radius 1 is 0.941 bits per heavy atom. The topological polar surface area (TPSA) is 74.6 Å². The molecule has 4 heteroatoms. The van der Waals surface area contributed by atoms with Crippen molar-refractivity contribution in [2.24, 2.45) is 5.41 Å². The zero-order valence-electron chi connectivity index (χ0n) is 10.3. The fourth-order valence-corrected chi connectivity index (χ4v) is 1.73. The van der Waals surface area contributed by atoms with Crippen LogP contribution >= 0.6 is 0 Å². The summed E-state index contributed by atoms with van der Waals surface area (Å²) in [7, 11) is 0. The van der Waals surface area contributed by atoms with E-state index < -0.39 is 11.9 Å². The molecular weight excluding hydrogens is 220 g/mol. The van der Waals surface area contributed by atoms with Gasteiger partial charge >= 0.3 is 11.9 Å². The molecule has 0 atom stereocenters. The first kappa shape index (κ1) is 15.4. The van der Waals surface area contributed by atoms with Crippen molar-refractivity contribution in [1.82, 2.24) is 0 Å². The summed E-state index contributed by atoms with van der Waals surface area (Å²) in [5.41, 5.74) is -0.0437. The van der Waals surface area contributed by atoms with Crippen molar-refractivity contribution < 1.29 is 19.8 Å². The minimum absolute atomic E-state index is 0.0437. The molecule has 17 heavy (non-hydrogen) atoms. The van der Waals surface area contributed by atoms with E-state index in [4.69, 9.17) is 10.2 Å². The zero-order chi connectivity index (χ0) is 13.3. The highest BCUT2D eigenvalue weighted by Crippen LogP contribution is 2.35. The van der Waals surface area contributed by atoms with Crippen LogP contribution in [-0.2, 0) is 9.59 Å². The van der Waals surface area contributed by atoms with E-state index in [-0.39, 0.29) is 5.41 Å². The molecule has 0 unspecified atom stereocenters. The molecule has 4 nitrogen and oxygen atoms in total. The first-order valence-electron chi connectivity index (χ1n) is 5.74. The summed E-state index contributed by atoms with van der Waals surface area (Å²) in [5, 5.41) is 17.1. The van der Waals surface area contributed by atoms with E-state index >= 15 is 0 Å². The molecule has 0 fully saturated rings. The molecule has 0 aromatic rings. The fraction of sp³-hybridized carbons (Fsp3) is 0.538. The third-order valence-electron chi connectivity index (χ3n) is 3.12. The number of carbonyl (C=O) groups is 2. The van der Waals surface area contributed by atoms with Gasteiger partial charge in [0, 0.05) is 12.2 Å². The first-order chi connectivity index (χ1) is 7.95. The van der Waals surface area contributed by atoms with Crippen LogP contribution < -0.4 is 0 Å². The van der Waals surface area contributed by atoms with Gasteiger partial charge in [-0.2, -0.15) is 0 Å². The van der Waals surface area contributed by atoms with Gasteiger partial charge in [0.05, 0.1) is 0 Å². The Hall–Kier alpha value is -1.58. The summed E-state index contributed by atoms with van der Waals surface area (Å²) in [6, 6.07) is 0. The van der Waals surface area contributed by atoms with Crippen molar-refractivity contribution in [3.8, 4) is 0 Å². The van der Waals surface area contributed by atoms with Gasteiger partial charge in [-0.05, 0) is 31.1 Å². The van der Waals surface area contributed by atoms with E-state index in [9.17, 15) is 9.59 Å². The minimum Gasteiger partial charge on any atom is -0.478 e. The van der Waals surface area contributed by atoms with Gasteiger partial charge in [0.25, 0.3) is 0 Å². The second kappa shape index (κ2) is 7.65. The Morgan fingerprint density at radius 3 is 1.53 bits per heavy atom. The van der Waals surface area contributed by atoms with E-state index in [0.29, 0.717) is 12.8 Å². The second-order valence-electron chi connectivity index (χ2n) is 4.10. The largest absolute Gasteiger partial charge is 0.478 e. The minimum atomic E-state index is -0.952. The number of allylic oxidation sites excluding steroid dienone is 2. The van der Waals surface area contributed by atoms with Crippen molar-refractivity contribution >= 4 is 11.9 Å². The molecule has 0 aromatic heterocycles. The normalized spacial score (nSPS) is 12.4. The molecule has 0 aromatic carbocycles. The summed E-state index contributed by atoms with van der Waals surface area (Å²) >= 11 is 0. The van der Waals surface area contributed by atoms with Crippen LogP contribution in [0.15, 0.2) is 24.3 Å². The maximum Gasteiger partial charge on any atom is 0.327 e. The highest BCUT2D eigenvalue weighted by atomic mass is 16.4. The standard InChI is InChI=1S/C13H20O4/c1-3-13(4-2,9-5-7-11(14)15)10-6-8-12(16)17/h5-8H,3-4,9-10H2,1-2H3,(H,14,15)(H,16,17). The van der Waals surface area contributed by atoms with E-state index in [1.165, 1.54) is 0 Å². The maximum atomic E-state index is 10.4. The van der Waals surface area contributed by atoms with Gasteiger partial charge in [-0.1, -0.05) is 26.0 Å². The Bertz CT molecular complexity index is 283. The number of hydrogen-bond donors (Lipinski definition) is 2. The maximum absolute atomic E-state index is 10.4. The molecule has 2 N–H and O–H groups in total.